The van der Waals surface area contributed by atoms with Gasteiger partial charge in [0.25, 0.3) is 0 Å². The highest BCUT2D eigenvalue weighted by Gasteiger charge is 2.55. The minimum atomic E-state index is -2.09. The third-order valence-corrected chi connectivity index (χ3v) is 9.86. The van der Waals surface area contributed by atoms with Crippen LogP contribution in [0.1, 0.15) is 32.8 Å². The van der Waals surface area contributed by atoms with Crippen molar-refractivity contribution in [2.45, 2.75) is 76.5 Å². The van der Waals surface area contributed by atoms with E-state index in [0.29, 0.717) is 13.0 Å². The van der Waals surface area contributed by atoms with E-state index in [9.17, 15) is 4.79 Å². The van der Waals surface area contributed by atoms with E-state index < -0.39 is 14.4 Å². The number of esters is 1. The Morgan fingerprint density at radius 2 is 1.88 bits per heavy atom. The average Bonchev–Trinajstić information content (AvgIpc) is 3.04. The molecule has 2 saturated heterocycles. The van der Waals surface area contributed by atoms with Crippen molar-refractivity contribution in [3.8, 4) is 0 Å². The van der Waals surface area contributed by atoms with Crippen LogP contribution in [-0.4, -0.2) is 38.9 Å². The molecule has 6 heteroatoms. The first-order chi connectivity index (χ1) is 11.7. The molecule has 4 atom stereocenters. The van der Waals surface area contributed by atoms with Gasteiger partial charge in [0, 0.05) is 6.42 Å². The van der Waals surface area contributed by atoms with E-state index in [0.717, 1.165) is 5.56 Å². The largest absolute Gasteiger partial charge is 0.457 e. The molecule has 0 aliphatic carbocycles. The van der Waals surface area contributed by atoms with Crippen LogP contribution in [0.4, 0.5) is 0 Å². The summed E-state index contributed by atoms with van der Waals surface area (Å²) in [6.07, 6.45) is -1.10. The molecule has 0 saturated carbocycles. The Morgan fingerprint density at radius 1 is 1.20 bits per heavy atom. The van der Waals surface area contributed by atoms with Crippen LogP contribution in [0.15, 0.2) is 30.3 Å². The SMILES string of the molecule is CC(C)(C)[Si](C)(C)O[C@H]1C(=O)O[C@@H]2CC(OCc3ccccc3)O[C@@H]21. The summed E-state index contributed by atoms with van der Waals surface area (Å²) >= 11 is 0. The van der Waals surface area contributed by atoms with Crippen molar-refractivity contribution in [3.05, 3.63) is 35.9 Å². The van der Waals surface area contributed by atoms with Crippen LogP contribution < -0.4 is 0 Å². The molecule has 0 amide bonds. The summed E-state index contributed by atoms with van der Waals surface area (Å²) in [5.41, 5.74) is 1.09. The molecule has 2 heterocycles. The second kappa shape index (κ2) is 6.83. The fraction of sp³-hybridized carbons (Fsp3) is 0.632. The Morgan fingerprint density at radius 3 is 2.52 bits per heavy atom. The predicted molar refractivity (Wildman–Crippen MR) is 96.5 cm³/mol. The third-order valence-electron chi connectivity index (χ3n) is 5.40. The Labute approximate surface area is 150 Å². The van der Waals surface area contributed by atoms with Crippen molar-refractivity contribution in [1.82, 2.24) is 0 Å². The zero-order valence-electron chi connectivity index (χ0n) is 15.7. The van der Waals surface area contributed by atoms with Gasteiger partial charge in [-0.05, 0) is 23.7 Å². The summed E-state index contributed by atoms with van der Waals surface area (Å²) < 4.78 is 23.6. The lowest BCUT2D eigenvalue weighted by molar-refractivity contribution is -0.165. The van der Waals surface area contributed by atoms with Gasteiger partial charge in [-0.3, -0.25) is 0 Å². The summed E-state index contributed by atoms with van der Waals surface area (Å²) in [5, 5.41) is 0.0210. The van der Waals surface area contributed by atoms with E-state index >= 15 is 0 Å². The smallest absolute Gasteiger partial charge is 0.337 e. The van der Waals surface area contributed by atoms with Crippen molar-refractivity contribution in [3.63, 3.8) is 0 Å². The van der Waals surface area contributed by atoms with Gasteiger partial charge in [-0.2, -0.15) is 0 Å². The lowest BCUT2D eigenvalue weighted by Crippen LogP contribution is -2.48. The van der Waals surface area contributed by atoms with Crippen LogP contribution in [0.2, 0.25) is 18.1 Å². The summed E-state index contributed by atoms with van der Waals surface area (Å²) in [4.78, 5) is 12.2. The average molecular weight is 365 g/mol. The van der Waals surface area contributed by atoms with Gasteiger partial charge in [-0.25, -0.2) is 4.79 Å². The molecule has 1 unspecified atom stereocenters. The van der Waals surface area contributed by atoms with Crippen molar-refractivity contribution in [2.75, 3.05) is 0 Å². The number of benzene rings is 1. The quantitative estimate of drug-likeness (QED) is 0.590. The van der Waals surface area contributed by atoms with Gasteiger partial charge >= 0.3 is 5.97 Å². The second-order valence-corrected chi connectivity index (χ2v) is 13.1. The zero-order chi connectivity index (χ0) is 18.2. The highest BCUT2D eigenvalue weighted by atomic mass is 28.4. The molecule has 1 aromatic carbocycles. The Bertz CT molecular complexity index is 610. The van der Waals surface area contributed by atoms with E-state index in [1.165, 1.54) is 0 Å². The second-order valence-electron chi connectivity index (χ2n) is 8.34. The predicted octanol–water partition coefficient (Wildman–Crippen LogP) is 3.63. The zero-order valence-corrected chi connectivity index (χ0v) is 16.7. The minimum absolute atomic E-state index is 0.0210. The number of carbonyl (C=O) groups is 1. The van der Waals surface area contributed by atoms with Gasteiger partial charge in [0.1, 0.15) is 12.2 Å². The standard InChI is InChI=1S/C19H28O5Si/c1-19(2,3)25(4,5)24-17-16-14(22-18(17)20)11-15(23-16)21-12-13-9-7-6-8-10-13/h6-10,14-17H,11-12H2,1-5H3/t14-,15?,16+,17-/m1/s1. The maximum absolute atomic E-state index is 12.2. The highest BCUT2D eigenvalue weighted by molar-refractivity contribution is 6.74. The summed E-state index contributed by atoms with van der Waals surface area (Å²) in [5.74, 6) is -0.304. The molecule has 0 bridgehead atoms. The molecule has 3 rings (SSSR count). The molecule has 0 N–H and O–H groups in total. The first kappa shape index (κ1) is 18.6. The van der Waals surface area contributed by atoms with E-state index in [1.54, 1.807) is 0 Å². The molecule has 0 aromatic heterocycles. The number of hydrogen-bond donors (Lipinski definition) is 0. The van der Waals surface area contributed by atoms with Crippen molar-refractivity contribution < 1.29 is 23.4 Å². The molecule has 1 aromatic rings. The maximum Gasteiger partial charge on any atom is 0.337 e. The fourth-order valence-electron chi connectivity index (χ4n) is 2.85. The van der Waals surface area contributed by atoms with Crippen molar-refractivity contribution in [1.29, 1.82) is 0 Å². The first-order valence-corrected chi connectivity index (χ1v) is 11.8. The maximum atomic E-state index is 12.2. The van der Waals surface area contributed by atoms with Crippen LogP contribution in [0.3, 0.4) is 0 Å². The van der Waals surface area contributed by atoms with Crippen LogP contribution >= 0.6 is 0 Å². The molecule has 5 nitrogen and oxygen atoms in total. The van der Waals surface area contributed by atoms with E-state index in [-0.39, 0.29) is 29.5 Å². The van der Waals surface area contributed by atoms with Gasteiger partial charge < -0.3 is 18.6 Å². The Balaban J connectivity index is 1.60. The van der Waals surface area contributed by atoms with Gasteiger partial charge in [-0.15, -0.1) is 0 Å². The lowest BCUT2D eigenvalue weighted by atomic mass is 10.1. The summed E-state index contributed by atoms with van der Waals surface area (Å²) in [6, 6.07) is 9.96. The van der Waals surface area contributed by atoms with E-state index in [4.69, 9.17) is 18.6 Å². The van der Waals surface area contributed by atoms with Crippen molar-refractivity contribution >= 4 is 14.3 Å². The lowest BCUT2D eigenvalue weighted by Gasteiger charge is -2.38. The number of ether oxygens (including phenoxy) is 3. The molecule has 25 heavy (non-hydrogen) atoms. The van der Waals surface area contributed by atoms with E-state index in [1.807, 2.05) is 30.3 Å². The Kier molecular flexibility index (Phi) is 5.08. The Hall–Kier alpha value is -1.21. The number of rotatable bonds is 5. The molecule has 2 aliphatic heterocycles. The number of fused-ring (bicyclic) bond motifs is 1. The number of carbonyl (C=O) groups excluding carboxylic acids is 1. The van der Waals surface area contributed by atoms with Gasteiger partial charge in [0.2, 0.25) is 0 Å². The highest BCUT2D eigenvalue weighted by Crippen LogP contribution is 2.41. The molecule has 0 radical (unpaired) electrons. The fourth-order valence-corrected chi connectivity index (χ4v) is 4.07. The van der Waals surface area contributed by atoms with Gasteiger partial charge in [0.05, 0.1) is 6.61 Å². The monoisotopic (exact) mass is 364 g/mol. The molecular weight excluding hydrogens is 336 g/mol. The van der Waals surface area contributed by atoms with Crippen LogP contribution in [0.25, 0.3) is 0 Å². The molecular formula is C19H28O5Si. The van der Waals surface area contributed by atoms with Crippen LogP contribution in [0.5, 0.6) is 0 Å². The first-order valence-electron chi connectivity index (χ1n) is 8.87. The molecule has 138 valence electrons. The summed E-state index contributed by atoms with van der Waals surface area (Å²) in [6.45, 7) is 11.2. The van der Waals surface area contributed by atoms with Crippen molar-refractivity contribution in [2.24, 2.45) is 0 Å². The number of hydrogen-bond acceptors (Lipinski definition) is 5. The normalized spacial score (nSPS) is 29.6. The summed E-state index contributed by atoms with van der Waals surface area (Å²) in [7, 11) is -2.09. The topological polar surface area (TPSA) is 54.0 Å². The third kappa shape index (κ3) is 3.97. The van der Waals surface area contributed by atoms with Gasteiger partial charge in [-0.1, -0.05) is 51.1 Å². The van der Waals surface area contributed by atoms with Crippen LogP contribution in [0, 0.1) is 0 Å². The molecule has 2 aliphatic rings. The van der Waals surface area contributed by atoms with Gasteiger partial charge in [0.15, 0.2) is 20.7 Å². The minimum Gasteiger partial charge on any atom is -0.457 e. The molecule has 2 fully saturated rings. The van der Waals surface area contributed by atoms with Crippen LogP contribution in [-0.2, 0) is 30.0 Å². The van der Waals surface area contributed by atoms with E-state index in [2.05, 4.69) is 33.9 Å². The molecule has 0 spiro atoms.